The first kappa shape index (κ1) is 14.5. The number of para-hydroxylation sites is 2. The van der Waals surface area contributed by atoms with Gasteiger partial charge in [-0.3, -0.25) is 4.79 Å². The van der Waals surface area contributed by atoms with E-state index in [0.717, 1.165) is 11.1 Å². The Kier molecular flexibility index (Phi) is 3.86. The normalized spacial score (nSPS) is 11.6. The lowest BCUT2D eigenvalue weighted by molar-refractivity contribution is 0.0976. The van der Waals surface area contributed by atoms with Gasteiger partial charge in [-0.1, -0.05) is 30.3 Å². The molecule has 0 saturated carbocycles. The van der Waals surface area contributed by atoms with Gasteiger partial charge in [0.25, 0.3) is 0 Å². The van der Waals surface area contributed by atoms with Crippen LogP contribution >= 0.6 is 0 Å². The Morgan fingerprint density at radius 3 is 2.74 bits per heavy atom. The van der Waals surface area contributed by atoms with Gasteiger partial charge in [0.1, 0.15) is 5.82 Å². The average molecular weight is 300 g/mol. The van der Waals surface area contributed by atoms with Crippen LogP contribution in [-0.2, 0) is 6.42 Å². The molecular formula is C18H12N4O. The Morgan fingerprint density at radius 1 is 1.17 bits per heavy atom. The van der Waals surface area contributed by atoms with Crippen LogP contribution in [0.1, 0.15) is 27.7 Å². The predicted octanol–water partition coefficient (Wildman–Crippen LogP) is 3.12. The number of hydrogen-bond acceptors (Lipinski definition) is 4. The summed E-state index contributed by atoms with van der Waals surface area (Å²) < 4.78 is 0. The third kappa shape index (κ3) is 2.81. The Bertz CT molecular complexity index is 926. The van der Waals surface area contributed by atoms with E-state index in [4.69, 9.17) is 5.26 Å². The zero-order valence-corrected chi connectivity index (χ0v) is 12.2. The first-order valence-corrected chi connectivity index (χ1v) is 7.07. The van der Waals surface area contributed by atoms with Crippen molar-refractivity contribution in [2.24, 2.45) is 0 Å². The highest BCUT2D eigenvalue weighted by molar-refractivity contribution is 6.02. The molecule has 5 nitrogen and oxygen atoms in total. The highest BCUT2D eigenvalue weighted by Crippen LogP contribution is 2.21. The highest BCUT2D eigenvalue weighted by Gasteiger charge is 2.25. The van der Waals surface area contributed by atoms with Crippen molar-refractivity contribution in [3.05, 3.63) is 65.5 Å². The smallest absolute Gasteiger partial charge is 0.187 e. The monoisotopic (exact) mass is 300 g/mol. The van der Waals surface area contributed by atoms with E-state index in [0.29, 0.717) is 16.9 Å². The largest absolute Gasteiger partial charge is 0.340 e. The van der Waals surface area contributed by atoms with E-state index in [1.165, 1.54) is 0 Å². The fourth-order valence-corrected chi connectivity index (χ4v) is 2.45. The third-order valence-corrected chi connectivity index (χ3v) is 3.57. The molecule has 0 aliphatic rings. The number of imidazole rings is 1. The molecule has 3 aromatic rings. The molecule has 0 spiro atoms. The SMILES string of the molecule is N#CCc1cccc(C(=O)C(C#N)c2nc3ccccc3[nH]2)c1. The number of nitrogens with one attached hydrogen (secondary N) is 1. The maximum Gasteiger partial charge on any atom is 0.187 e. The first-order valence-electron chi connectivity index (χ1n) is 7.07. The number of aromatic amines is 1. The number of ketones is 1. The van der Waals surface area contributed by atoms with Crippen molar-refractivity contribution < 1.29 is 4.79 Å². The Morgan fingerprint density at radius 2 is 2.00 bits per heavy atom. The first-order chi connectivity index (χ1) is 11.2. The fourth-order valence-electron chi connectivity index (χ4n) is 2.45. The van der Waals surface area contributed by atoms with Crippen molar-refractivity contribution >= 4 is 16.8 Å². The molecule has 1 N–H and O–H groups in total. The van der Waals surface area contributed by atoms with Crippen molar-refractivity contribution in [3.8, 4) is 12.1 Å². The summed E-state index contributed by atoms with van der Waals surface area (Å²) in [5.74, 6) is -0.990. The number of H-pyrrole nitrogens is 1. The maximum absolute atomic E-state index is 12.6. The molecule has 1 unspecified atom stereocenters. The predicted molar refractivity (Wildman–Crippen MR) is 84.5 cm³/mol. The lowest BCUT2D eigenvalue weighted by Gasteiger charge is -2.06. The number of hydrogen-bond donors (Lipinski definition) is 1. The average Bonchev–Trinajstić information content (AvgIpc) is 2.99. The van der Waals surface area contributed by atoms with Crippen LogP contribution in [0.3, 0.4) is 0 Å². The molecular weight excluding hydrogens is 288 g/mol. The van der Waals surface area contributed by atoms with E-state index in [1.54, 1.807) is 24.3 Å². The summed E-state index contributed by atoms with van der Waals surface area (Å²) >= 11 is 0. The molecule has 110 valence electrons. The summed E-state index contributed by atoms with van der Waals surface area (Å²) in [5, 5.41) is 18.2. The van der Waals surface area contributed by atoms with Crippen molar-refractivity contribution in [2.45, 2.75) is 12.3 Å². The van der Waals surface area contributed by atoms with Crippen LogP contribution in [0.15, 0.2) is 48.5 Å². The molecule has 0 radical (unpaired) electrons. The van der Waals surface area contributed by atoms with Gasteiger partial charge in [0.15, 0.2) is 11.7 Å². The maximum atomic E-state index is 12.6. The molecule has 0 amide bonds. The molecule has 0 bridgehead atoms. The highest BCUT2D eigenvalue weighted by atomic mass is 16.1. The van der Waals surface area contributed by atoms with Gasteiger partial charge >= 0.3 is 0 Å². The van der Waals surface area contributed by atoms with Crippen LogP contribution in [-0.4, -0.2) is 15.8 Å². The molecule has 5 heteroatoms. The molecule has 1 atom stereocenters. The summed E-state index contributed by atoms with van der Waals surface area (Å²) in [4.78, 5) is 20.0. The van der Waals surface area contributed by atoms with Crippen LogP contribution in [0.5, 0.6) is 0 Å². The fraction of sp³-hybridized carbons (Fsp3) is 0.111. The van der Waals surface area contributed by atoms with E-state index >= 15 is 0 Å². The van der Waals surface area contributed by atoms with Gasteiger partial charge in [-0.05, 0) is 23.8 Å². The van der Waals surface area contributed by atoms with Crippen molar-refractivity contribution in [1.82, 2.24) is 9.97 Å². The van der Waals surface area contributed by atoms with Crippen LogP contribution in [0.4, 0.5) is 0 Å². The van der Waals surface area contributed by atoms with Gasteiger partial charge in [-0.2, -0.15) is 10.5 Å². The number of nitriles is 2. The van der Waals surface area contributed by atoms with Crippen LogP contribution in [0.25, 0.3) is 11.0 Å². The van der Waals surface area contributed by atoms with Gasteiger partial charge in [-0.15, -0.1) is 0 Å². The van der Waals surface area contributed by atoms with Gasteiger partial charge in [0, 0.05) is 5.56 Å². The van der Waals surface area contributed by atoms with Crippen molar-refractivity contribution in [3.63, 3.8) is 0 Å². The van der Waals surface area contributed by atoms with E-state index in [-0.39, 0.29) is 12.2 Å². The zero-order chi connectivity index (χ0) is 16.2. The Labute approximate surface area is 132 Å². The van der Waals surface area contributed by atoms with E-state index in [1.807, 2.05) is 36.4 Å². The number of carbonyl (C=O) groups is 1. The molecule has 2 aromatic carbocycles. The molecule has 1 aromatic heterocycles. The van der Waals surface area contributed by atoms with Gasteiger partial charge in [0.05, 0.1) is 29.6 Å². The summed E-state index contributed by atoms with van der Waals surface area (Å²) in [6.07, 6.45) is 0.225. The molecule has 0 aliphatic heterocycles. The molecule has 0 saturated heterocycles. The Hall–Kier alpha value is -3.44. The van der Waals surface area contributed by atoms with E-state index in [2.05, 4.69) is 9.97 Å². The quantitative estimate of drug-likeness (QED) is 0.749. The van der Waals surface area contributed by atoms with E-state index < -0.39 is 5.92 Å². The summed E-state index contributed by atoms with van der Waals surface area (Å²) in [6.45, 7) is 0. The standard InChI is InChI=1S/C18H12N4O/c19-9-8-12-4-3-5-13(10-12)17(23)14(11-20)18-21-15-6-1-2-7-16(15)22-18/h1-7,10,14H,8H2,(H,21,22). The number of Topliss-reactive ketones (excluding diaryl/α,β-unsaturated/α-hetero) is 1. The second-order valence-electron chi connectivity index (χ2n) is 5.10. The number of rotatable bonds is 4. The van der Waals surface area contributed by atoms with Crippen LogP contribution < -0.4 is 0 Å². The molecule has 0 aliphatic carbocycles. The number of benzene rings is 2. The molecule has 23 heavy (non-hydrogen) atoms. The van der Waals surface area contributed by atoms with Crippen LogP contribution in [0.2, 0.25) is 0 Å². The number of aromatic nitrogens is 2. The Balaban J connectivity index is 1.97. The second kappa shape index (κ2) is 6.13. The zero-order valence-electron chi connectivity index (χ0n) is 12.2. The van der Waals surface area contributed by atoms with Gasteiger partial charge < -0.3 is 4.98 Å². The van der Waals surface area contributed by atoms with Gasteiger partial charge in [-0.25, -0.2) is 4.98 Å². The molecule has 0 fully saturated rings. The second-order valence-corrected chi connectivity index (χ2v) is 5.10. The topological polar surface area (TPSA) is 93.3 Å². The minimum absolute atomic E-state index is 0.225. The lowest BCUT2D eigenvalue weighted by Crippen LogP contribution is -2.13. The number of carbonyl (C=O) groups excluding carboxylic acids is 1. The summed E-state index contributed by atoms with van der Waals surface area (Å²) in [7, 11) is 0. The minimum Gasteiger partial charge on any atom is -0.340 e. The molecule has 3 rings (SSSR count). The van der Waals surface area contributed by atoms with Crippen molar-refractivity contribution in [2.75, 3.05) is 0 Å². The summed E-state index contributed by atoms with van der Waals surface area (Å²) in [6, 6.07) is 18.2. The third-order valence-electron chi connectivity index (χ3n) is 3.57. The lowest BCUT2D eigenvalue weighted by atomic mass is 9.96. The number of fused-ring (bicyclic) bond motifs is 1. The minimum atomic E-state index is -1.00. The van der Waals surface area contributed by atoms with E-state index in [9.17, 15) is 10.1 Å². The summed E-state index contributed by atoms with van der Waals surface area (Å²) in [5.41, 5.74) is 2.66. The molecule has 1 heterocycles. The van der Waals surface area contributed by atoms with Gasteiger partial charge in [0.2, 0.25) is 0 Å². The van der Waals surface area contributed by atoms with Crippen molar-refractivity contribution in [1.29, 1.82) is 10.5 Å². The number of nitrogens with zero attached hydrogens (tertiary/aromatic N) is 3. The van der Waals surface area contributed by atoms with Crippen LogP contribution in [0, 0.1) is 22.7 Å².